The lowest BCUT2D eigenvalue weighted by Crippen LogP contribution is -2.33. The van der Waals surface area contributed by atoms with E-state index in [2.05, 4.69) is 26.6 Å². The maximum atomic E-state index is 11.7. The second-order valence-electron chi connectivity index (χ2n) is 3.97. The van der Waals surface area contributed by atoms with E-state index < -0.39 is 16.1 Å². The van der Waals surface area contributed by atoms with Crippen molar-refractivity contribution in [1.29, 1.82) is 0 Å². The number of anilines is 1. The molecule has 0 aliphatic carbocycles. The Morgan fingerprint density at radius 3 is 2.83 bits per heavy atom. The highest BCUT2D eigenvalue weighted by Gasteiger charge is 2.30. The summed E-state index contributed by atoms with van der Waals surface area (Å²) in [6.45, 7) is 0.128. The molecule has 2 rings (SSSR count). The average molecular weight is 334 g/mol. The number of carbonyl (C=O) groups is 1. The Hall–Kier alpha value is -0.960. The molecule has 0 radical (unpaired) electrons. The number of rotatable bonds is 4. The van der Waals surface area contributed by atoms with Crippen molar-refractivity contribution >= 4 is 37.5 Å². The van der Waals surface area contributed by atoms with Crippen molar-refractivity contribution in [1.82, 2.24) is 5.32 Å². The number of amides is 1. The van der Waals surface area contributed by atoms with E-state index in [1.807, 2.05) is 12.1 Å². The first-order valence-corrected chi connectivity index (χ1v) is 7.72. The van der Waals surface area contributed by atoms with Crippen molar-refractivity contribution < 1.29 is 13.2 Å². The zero-order valence-electron chi connectivity index (χ0n) is 9.31. The van der Waals surface area contributed by atoms with Crippen LogP contribution in [0.1, 0.15) is 11.6 Å². The van der Waals surface area contributed by atoms with Gasteiger partial charge in [0.2, 0.25) is 15.9 Å². The zero-order valence-corrected chi connectivity index (χ0v) is 11.7. The number of nitrogens with one attached hydrogen (secondary N) is 2. The number of sulfonamides is 1. The fraction of sp³-hybridized carbons (Fsp3) is 0.300. The van der Waals surface area contributed by atoms with Crippen LogP contribution in [0, 0.1) is 0 Å². The molecule has 4 N–H and O–H groups in total. The third-order valence-corrected chi connectivity index (χ3v) is 3.85. The van der Waals surface area contributed by atoms with E-state index in [1.165, 1.54) is 0 Å². The highest BCUT2D eigenvalue weighted by atomic mass is 79.9. The molecule has 0 fully saturated rings. The van der Waals surface area contributed by atoms with E-state index in [0.717, 1.165) is 15.7 Å². The summed E-state index contributed by atoms with van der Waals surface area (Å²) in [5, 5.41) is 10.5. The Morgan fingerprint density at radius 2 is 2.17 bits per heavy atom. The SMILES string of the molecule is NS(=O)(=O)CCNC1C(=O)Nc2ccc(Br)cc21. The lowest BCUT2D eigenvalue weighted by Gasteiger charge is -2.10. The van der Waals surface area contributed by atoms with Crippen LogP contribution in [0.2, 0.25) is 0 Å². The summed E-state index contributed by atoms with van der Waals surface area (Å²) < 4.78 is 22.5. The maximum absolute atomic E-state index is 11.7. The van der Waals surface area contributed by atoms with Gasteiger partial charge in [0.15, 0.2) is 0 Å². The molecule has 0 bridgehead atoms. The van der Waals surface area contributed by atoms with Gasteiger partial charge in [0.25, 0.3) is 0 Å². The van der Waals surface area contributed by atoms with Crippen molar-refractivity contribution in [2.75, 3.05) is 17.6 Å². The summed E-state index contributed by atoms with van der Waals surface area (Å²) in [7, 11) is -3.52. The molecule has 1 amide bonds. The van der Waals surface area contributed by atoms with E-state index in [4.69, 9.17) is 5.14 Å². The Balaban J connectivity index is 2.10. The van der Waals surface area contributed by atoms with Gasteiger partial charge >= 0.3 is 0 Å². The number of halogens is 1. The summed E-state index contributed by atoms with van der Waals surface area (Å²) in [5.74, 6) is -0.405. The van der Waals surface area contributed by atoms with Crippen LogP contribution in [-0.2, 0) is 14.8 Å². The summed E-state index contributed by atoms with van der Waals surface area (Å²) in [6, 6.07) is 4.89. The first-order chi connectivity index (χ1) is 8.37. The largest absolute Gasteiger partial charge is 0.324 e. The van der Waals surface area contributed by atoms with Crippen LogP contribution in [0.25, 0.3) is 0 Å². The smallest absolute Gasteiger partial charge is 0.246 e. The molecule has 98 valence electrons. The fourth-order valence-electron chi connectivity index (χ4n) is 1.78. The lowest BCUT2D eigenvalue weighted by molar-refractivity contribution is -0.117. The number of fused-ring (bicyclic) bond motifs is 1. The second-order valence-corrected chi connectivity index (χ2v) is 6.62. The molecule has 1 aromatic carbocycles. The topological polar surface area (TPSA) is 101 Å². The standard InChI is InChI=1S/C10H12BrN3O3S/c11-6-1-2-8-7(5-6)9(10(15)14-8)13-3-4-18(12,16)17/h1-2,5,9,13H,3-4H2,(H,14,15)(H2,12,16,17). The molecule has 18 heavy (non-hydrogen) atoms. The summed E-state index contributed by atoms with van der Waals surface area (Å²) in [6.07, 6.45) is 0. The van der Waals surface area contributed by atoms with Crippen LogP contribution in [0.5, 0.6) is 0 Å². The number of hydrogen-bond acceptors (Lipinski definition) is 4. The number of primary sulfonamides is 1. The molecule has 1 unspecified atom stereocenters. The molecule has 1 aliphatic rings. The number of hydrogen-bond donors (Lipinski definition) is 3. The summed E-state index contributed by atoms with van der Waals surface area (Å²) in [5.41, 5.74) is 1.53. The molecule has 1 aromatic rings. The van der Waals surface area contributed by atoms with Gasteiger partial charge in [0.05, 0.1) is 5.75 Å². The normalized spacial score (nSPS) is 18.6. The minimum atomic E-state index is -3.52. The Labute approximate surface area is 113 Å². The Kier molecular flexibility index (Phi) is 3.71. The minimum Gasteiger partial charge on any atom is -0.324 e. The lowest BCUT2D eigenvalue weighted by atomic mass is 10.1. The predicted octanol–water partition coefficient (Wildman–Crippen LogP) is 0.320. The zero-order chi connectivity index (χ0) is 13.3. The van der Waals surface area contributed by atoms with Crippen LogP contribution < -0.4 is 15.8 Å². The van der Waals surface area contributed by atoms with Crippen molar-refractivity contribution in [3.63, 3.8) is 0 Å². The van der Waals surface area contributed by atoms with Crippen molar-refractivity contribution in [2.24, 2.45) is 5.14 Å². The van der Waals surface area contributed by atoms with Gasteiger partial charge in [-0.15, -0.1) is 0 Å². The van der Waals surface area contributed by atoms with Crippen LogP contribution in [-0.4, -0.2) is 26.6 Å². The van der Waals surface area contributed by atoms with Gasteiger partial charge in [-0.1, -0.05) is 15.9 Å². The molecule has 1 aliphatic heterocycles. The monoisotopic (exact) mass is 333 g/mol. The molecular formula is C10H12BrN3O3S. The van der Waals surface area contributed by atoms with Crippen LogP contribution in [0.15, 0.2) is 22.7 Å². The predicted molar refractivity (Wildman–Crippen MR) is 71.5 cm³/mol. The Bertz CT molecular complexity index is 588. The van der Waals surface area contributed by atoms with Gasteiger partial charge in [-0.3, -0.25) is 4.79 Å². The molecule has 0 aromatic heterocycles. The quantitative estimate of drug-likeness (QED) is 0.738. The molecule has 0 saturated heterocycles. The maximum Gasteiger partial charge on any atom is 0.246 e. The average Bonchev–Trinajstić information content (AvgIpc) is 2.54. The van der Waals surface area contributed by atoms with Crippen molar-refractivity contribution in [2.45, 2.75) is 6.04 Å². The van der Waals surface area contributed by atoms with E-state index in [-0.39, 0.29) is 18.2 Å². The molecule has 0 spiro atoms. The van der Waals surface area contributed by atoms with Gasteiger partial charge in [0, 0.05) is 22.3 Å². The highest BCUT2D eigenvalue weighted by Crippen LogP contribution is 2.32. The molecule has 8 heteroatoms. The van der Waals surface area contributed by atoms with Crippen LogP contribution in [0.4, 0.5) is 5.69 Å². The highest BCUT2D eigenvalue weighted by molar-refractivity contribution is 9.10. The number of benzene rings is 1. The van der Waals surface area contributed by atoms with E-state index in [0.29, 0.717) is 0 Å². The number of carbonyl (C=O) groups excluding carboxylic acids is 1. The Morgan fingerprint density at radius 1 is 1.44 bits per heavy atom. The first-order valence-electron chi connectivity index (χ1n) is 5.21. The van der Waals surface area contributed by atoms with Crippen LogP contribution >= 0.6 is 15.9 Å². The van der Waals surface area contributed by atoms with E-state index in [1.54, 1.807) is 6.07 Å². The molecular weight excluding hydrogens is 322 g/mol. The van der Waals surface area contributed by atoms with E-state index in [9.17, 15) is 13.2 Å². The van der Waals surface area contributed by atoms with Gasteiger partial charge in [-0.25, -0.2) is 13.6 Å². The summed E-state index contributed by atoms with van der Waals surface area (Å²) >= 11 is 3.33. The molecule has 6 nitrogen and oxygen atoms in total. The van der Waals surface area contributed by atoms with Gasteiger partial charge in [-0.05, 0) is 18.2 Å². The first kappa shape index (κ1) is 13.5. The van der Waals surface area contributed by atoms with Crippen molar-refractivity contribution in [3.05, 3.63) is 28.2 Å². The minimum absolute atomic E-state index is 0.128. The fourth-order valence-corrected chi connectivity index (χ4v) is 2.56. The van der Waals surface area contributed by atoms with Gasteiger partial charge in [0.1, 0.15) is 6.04 Å². The van der Waals surface area contributed by atoms with Gasteiger partial charge in [-0.2, -0.15) is 0 Å². The third-order valence-electron chi connectivity index (χ3n) is 2.58. The number of nitrogens with two attached hydrogens (primary N) is 1. The third kappa shape index (κ3) is 3.08. The molecule has 1 atom stereocenters. The summed E-state index contributed by atoms with van der Waals surface area (Å²) in [4.78, 5) is 11.7. The van der Waals surface area contributed by atoms with Crippen LogP contribution in [0.3, 0.4) is 0 Å². The van der Waals surface area contributed by atoms with Gasteiger partial charge < -0.3 is 10.6 Å². The van der Waals surface area contributed by atoms with E-state index >= 15 is 0 Å². The van der Waals surface area contributed by atoms with Crippen molar-refractivity contribution in [3.8, 4) is 0 Å². The second kappa shape index (κ2) is 4.96. The molecule has 1 heterocycles. The molecule has 0 saturated carbocycles.